The van der Waals surface area contributed by atoms with Crippen LogP contribution >= 0.6 is 0 Å². The Bertz CT molecular complexity index is 949. The van der Waals surface area contributed by atoms with Gasteiger partial charge in [0.05, 0.1) is 16.6 Å². The molecule has 0 bridgehead atoms. The summed E-state index contributed by atoms with van der Waals surface area (Å²) in [6.07, 6.45) is 6.98. The van der Waals surface area contributed by atoms with Gasteiger partial charge >= 0.3 is 0 Å². The molecule has 0 unspecified atom stereocenters. The highest BCUT2D eigenvalue weighted by Gasteiger charge is 2.15. The molecule has 0 aliphatic heterocycles. The largest absolute Gasteiger partial charge is 0.438 e. The highest BCUT2D eigenvalue weighted by molar-refractivity contribution is 5.97. The lowest BCUT2D eigenvalue weighted by atomic mass is 10.1. The minimum Gasteiger partial charge on any atom is -0.438 e. The molecule has 112 valence electrons. The third-order valence-electron chi connectivity index (χ3n) is 3.67. The number of aromatic amines is 1. The Labute approximate surface area is 133 Å². The van der Waals surface area contributed by atoms with Crippen molar-refractivity contribution in [3.8, 4) is 22.8 Å². The molecule has 0 saturated heterocycles. The molecular weight excluding hydrogens is 288 g/mol. The molecule has 0 amide bonds. The van der Waals surface area contributed by atoms with Gasteiger partial charge in [0.15, 0.2) is 0 Å². The van der Waals surface area contributed by atoms with E-state index in [1.54, 1.807) is 12.4 Å². The fourth-order valence-corrected chi connectivity index (χ4v) is 2.66. The number of hydrogen-bond donors (Lipinski definition) is 1. The fraction of sp³-hybridized carbons (Fsp3) is 0.0556. The van der Waals surface area contributed by atoms with Crippen LogP contribution in [-0.4, -0.2) is 19.9 Å². The first-order valence-corrected chi connectivity index (χ1v) is 7.29. The fourth-order valence-electron chi connectivity index (χ4n) is 2.66. The van der Waals surface area contributed by atoms with E-state index in [9.17, 15) is 0 Å². The van der Waals surface area contributed by atoms with Gasteiger partial charge in [-0.25, -0.2) is 15.0 Å². The van der Waals surface area contributed by atoms with Crippen molar-refractivity contribution in [2.75, 3.05) is 0 Å². The van der Waals surface area contributed by atoms with Crippen LogP contribution in [0.5, 0.6) is 11.6 Å². The number of H-pyrrole nitrogens is 1. The molecule has 23 heavy (non-hydrogen) atoms. The highest BCUT2D eigenvalue weighted by Crippen LogP contribution is 2.35. The number of ether oxygens (including phenoxy) is 1. The van der Waals surface area contributed by atoms with Gasteiger partial charge in [0.2, 0.25) is 5.88 Å². The third kappa shape index (κ3) is 2.42. The van der Waals surface area contributed by atoms with E-state index in [1.807, 2.05) is 49.5 Å². The summed E-state index contributed by atoms with van der Waals surface area (Å²) >= 11 is 0. The summed E-state index contributed by atoms with van der Waals surface area (Å²) in [6, 6.07) is 11.6. The molecule has 3 heterocycles. The minimum atomic E-state index is 0.588. The van der Waals surface area contributed by atoms with Gasteiger partial charge in [0.25, 0.3) is 0 Å². The van der Waals surface area contributed by atoms with Crippen LogP contribution < -0.4 is 4.74 Å². The van der Waals surface area contributed by atoms with Crippen LogP contribution in [0.4, 0.5) is 0 Å². The Kier molecular flexibility index (Phi) is 3.24. The number of para-hydroxylation sites is 1. The summed E-state index contributed by atoms with van der Waals surface area (Å²) in [6.45, 7) is 1.96. The molecule has 3 aromatic heterocycles. The van der Waals surface area contributed by atoms with Crippen molar-refractivity contribution in [1.29, 1.82) is 0 Å². The molecule has 0 spiro atoms. The first kappa shape index (κ1) is 13.5. The highest BCUT2D eigenvalue weighted by atomic mass is 16.5. The zero-order valence-corrected chi connectivity index (χ0v) is 12.5. The van der Waals surface area contributed by atoms with E-state index in [1.165, 1.54) is 6.33 Å². The van der Waals surface area contributed by atoms with E-state index >= 15 is 0 Å². The van der Waals surface area contributed by atoms with Crippen molar-refractivity contribution < 1.29 is 4.74 Å². The Morgan fingerprint density at radius 2 is 1.78 bits per heavy atom. The number of aromatic nitrogens is 4. The summed E-state index contributed by atoms with van der Waals surface area (Å²) in [5.74, 6) is 1.35. The van der Waals surface area contributed by atoms with E-state index in [-0.39, 0.29) is 0 Å². The summed E-state index contributed by atoms with van der Waals surface area (Å²) < 4.78 is 5.96. The molecule has 4 rings (SSSR count). The Hall–Kier alpha value is -3.21. The van der Waals surface area contributed by atoms with Crippen LogP contribution in [0.15, 0.2) is 61.3 Å². The minimum absolute atomic E-state index is 0.588. The lowest BCUT2D eigenvalue weighted by molar-refractivity contribution is 0.468. The van der Waals surface area contributed by atoms with Crippen molar-refractivity contribution in [1.82, 2.24) is 19.9 Å². The van der Waals surface area contributed by atoms with Gasteiger partial charge in [-0.05, 0) is 25.1 Å². The summed E-state index contributed by atoms with van der Waals surface area (Å²) in [5, 5.41) is 0.929. The zero-order chi connectivity index (χ0) is 15.6. The SMILES string of the molecule is Cc1nc(Oc2ccccc2)c2cc[nH]c2c1-c1cncnc1. The van der Waals surface area contributed by atoms with Crippen LogP contribution in [0.25, 0.3) is 22.0 Å². The van der Waals surface area contributed by atoms with Crippen LogP contribution in [0.2, 0.25) is 0 Å². The zero-order valence-electron chi connectivity index (χ0n) is 12.5. The Morgan fingerprint density at radius 3 is 2.57 bits per heavy atom. The summed E-state index contributed by atoms with van der Waals surface area (Å²) in [5.41, 5.74) is 3.75. The van der Waals surface area contributed by atoms with Crippen molar-refractivity contribution in [3.63, 3.8) is 0 Å². The number of nitrogens with zero attached hydrogens (tertiary/aromatic N) is 3. The van der Waals surface area contributed by atoms with Gasteiger partial charge in [-0.1, -0.05) is 18.2 Å². The van der Waals surface area contributed by atoms with Crippen LogP contribution in [-0.2, 0) is 0 Å². The number of nitrogens with one attached hydrogen (secondary N) is 1. The van der Waals surface area contributed by atoms with E-state index in [2.05, 4.69) is 19.9 Å². The van der Waals surface area contributed by atoms with Gasteiger partial charge in [-0.2, -0.15) is 0 Å². The maximum atomic E-state index is 5.96. The monoisotopic (exact) mass is 302 g/mol. The Morgan fingerprint density at radius 1 is 1.00 bits per heavy atom. The molecule has 1 aromatic carbocycles. The normalized spacial score (nSPS) is 10.8. The predicted octanol–water partition coefficient (Wildman–Crippen LogP) is 4.12. The van der Waals surface area contributed by atoms with Crippen molar-refractivity contribution in [3.05, 3.63) is 67.0 Å². The van der Waals surface area contributed by atoms with E-state index < -0.39 is 0 Å². The molecule has 5 heteroatoms. The molecular formula is C18H14N4O. The number of hydrogen-bond acceptors (Lipinski definition) is 4. The number of benzene rings is 1. The predicted molar refractivity (Wildman–Crippen MR) is 88.4 cm³/mol. The first-order valence-electron chi connectivity index (χ1n) is 7.29. The van der Waals surface area contributed by atoms with Gasteiger partial charge in [0.1, 0.15) is 12.1 Å². The van der Waals surface area contributed by atoms with Crippen LogP contribution in [0.1, 0.15) is 5.69 Å². The second-order valence-electron chi connectivity index (χ2n) is 5.19. The lowest BCUT2D eigenvalue weighted by Gasteiger charge is -2.11. The molecule has 0 radical (unpaired) electrons. The Balaban J connectivity index is 1.88. The molecule has 4 aromatic rings. The molecule has 5 nitrogen and oxygen atoms in total. The van der Waals surface area contributed by atoms with Gasteiger partial charge in [0, 0.05) is 29.7 Å². The van der Waals surface area contributed by atoms with Crippen LogP contribution in [0, 0.1) is 6.92 Å². The maximum absolute atomic E-state index is 5.96. The van der Waals surface area contributed by atoms with Crippen molar-refractivity contribution in [2.24, 2.45) is 0 Å². The number of pyridine rings is 1. The molecule has 0 atom stereocenters. The number of aryl methyl sites for hydroxylation is 1. The topological polar surface area (TPSA) is 63.7 Å². The molecule has 0 aliphatic carbocycles. The standard InChI is InChI=1S/C18H14N4O/c1-12-16(13-9-19-11-20-10-13)17-15(7-8-21-17)18(22-12)23-14-5-3-2-4-6-14/h2-11,21H,1H3. The number of fused-ring (bicyclic) bond motifs is 1. The maximum Gasteiger partial charge on any atom is 0.228 e. The van der Waals surface area contributed by atoms with Crippen LogP contribution in [0.3, 0.4) is 0 Å². The smallest absolute Gasteiger partial charge is 0.228 e. The molecule has 1 N–H and O–H groups in total. The summed E-state index contributed by atoms with van der Waals surface area (Å²) in [4.78, 5) is 16.1. The van der Waals surface area contributed by atoms with E-state index in [0.717, 1.165) is 33.5 Å². The number of rotatable bonds is 3. The molecule has 0 saturated carbocycles. The average Bonchev–Trinajstić information content (AvgIpc) is 3.06. The third-order valence-corrected chi connectivity index (χ3v) is 3.67. The first-order chi connectivity index (χ1) is 11.3. The van der Waals surface area contributed by atoms with Crippen molar-refractivity contribution >= 4 is 10.9 Å². The van der Waals surface area contributed by atoms with E-state index in [0.29, 0.717) is 5.88 Å². The summed E-state index contributed by atoms with van der Waals surface area (Å²) in [7, 11) is 0. The van der Waals surface area contributed by atoms with Gasteiger partial charge < -0.3 is 9.72 Å². The average molecular weight is 302 g/mol. The quantitative estimate of drug-likeness (QED) is 0.618. The molecule has 0 fully saturated rings. The van der Waals surface area contributed by atoms with Gasteiger partial charge in [-0.15, -0.1) is 0 Å². The second kappa shape index (κ2) is 5.53. The van der Waals surface area contributed by atoms with E-state index in [4.69, 9.17) is 4.74 Å². The molecule has 0 aliphatic rings. The lowest BCUT2D eigenvalue weighted by Crippen LogP contribution is -1.96. The second-order valence-corrected chi connectivity index (χ2v) is 5.19. The van der Waals surface area contributed by atoms with Gasteiger partial charge in [-0.3, -0.25) is 0 Å². The van der Waals surface area contributed by atoms with Crippen molar-refractivity contribution in [2.45, 2.75) is 6.92 Å².